The number of carboxylic acid groups (broad SMARTS) is 1. The lowest BCUT2D eigenvalue weighted by atomic mass is 10.0. The van der Waals surface area contributed by atoms with Gasteiger partial charge < -0.3 is 14.7 Å². The zero-order valence-corrected chi connectivity index (χ0v) is 24.2. The molecule has 3 aromatic heterocycles. The maximum absolute atomic E-state index is 13.8. The van der Waals surface area contributed by atoms with Crippen molar-refractivity contribution in [1.29, 1.82) is 0 Å². The zero-order chi connectivity index (χ0) is 30.3. The number of alkyl halides is 3. The molecule has 218 valence electrons. The van der Waals surface area contributed by atoms with Crippen molar-refractivity contribution in [2.24, 2.45) is 0 Å². The Kier molecular flexibility index (Phi) is 7.97. The molecule has 0 aliphatic rings. The van der Waals surface area contributed by atoms with Gasteiger partial charge in [-0.25, -0.2) is 9.78 Å². The molecule has 0 aliphatic heterocycles. The van der Waals surface area contributed by atoms with Crippen molar-refractivity contribution in [3.63, 3.8) is 0 Å². The molecule has 1 N–H and O–H groups in total. The van der Waals surface area contributed by atoms with Gasteiger partial charge >= 0.3 is 12.1 Å². The van der Waals surface area contributed by atoms with Crippen LogP contribution >= 0.6 is 22.9 Å². The fraction of sp³-hybridized carbons (Fsp3) is 0.241. The third kappa shape index (κ3) is 5.69. The van der Waals surface area contributed by atoms with Crippen molar-refractivity contribution >= 4 is 50.0 Å². The predicted molar refractivity (Wildman–Crippen MR) is 156 cm³/mol. The molecule has 0 bridgehead atoms. The van der Waals surface area contributed by atoms with Crippen molar-refractivity contribution in [3.8, 4) is 16.9 Å². The van der Waals surface area contributed by atoms with Crippen LogP contribution in [0.3, 0.4) is 0 Å². The normalized spacial score (nSPS) is 12.0. The molecule has 5 aromatic rings. The Hall–Kier alpha value is -4.00. The third-order valence-electron chi connectivity index (χ3n) is 6.65. The van der Waals surface area contributed by atoms with Crippen LogP contribution in [0.15, 0.2) is 52.8 Å². The Morgan fingerprint density at radius 2 is 1.93 bits per heavy atom. The Bertz CT molecular complexity index is 1900. The molecule has 0 fully saturated rings. The van der Waals surface area contributed by atoms with E-state index in [0.717, 1.165) is 6.07 Å². The number of hydrogen-bond donors (Lipinski definition) is 1. The maximum atomic E-state index is 13.8. The molecule has 0 radical (unpaired) electrons. The van der Waals surface area contributed by atoms with Gasteiger partial charge in [-0.3, -0.25) is 14.3 Å². The minimum atomic E-state index is -4.59. The highest BCUT2D eigenvalue weighted by Gasteiger charge is 2.34. The van der Waals surface area contributed by atoms with Gasteiger partial charge in [-0.2, -0.15) is 13.2 Å². The number of hydrogen-bond acceptors (Lipinski definition) is 7. The van der Waals surface area contributed by atoms with E-state index in [2.05, 4.69) is 9.97 Å². The van der Waals surface area contributed by atoms with Crippen molar-refractivity contribution in [1.82, 2.24) is 19.4 Å². The summed E-state index contributed by atoms with van der Waals surface area (Å²) in [7, 11) is 3.30. The third-order valence-corrected chi connectivity index (χ3v) is 7.89. The molecule has 0 spiro atoms. The van der Waals surface area contributed by atoms with E-state index in [4.69, 9.17) is 16.3 Å². The van der Waals surface area contributed by atoms with Crippen molar-refractivity contribution in [3.05, 3.63) is 85.9 Å². The van der Waals surface area contributed by atoms with E-state index >= 15 is 0 Å². The number of nitrogens with zero attached hydrogens (tertiary/aromatic N) is 4. The SMILES string of the molecule is Cc1nc2cc(C(F)(F)F)c(CN(C)C)cc2c(=O)n1CCOc1ccc(Cl)cc1-c1ccnc2c(C(=O)O)csc12. The first-order valence-corrected chi connectivity index (χ1v) is 13.9. The fourth-order valence-electron chi connectivity index (χ4n) is 4.80. The molecule has 5 rings (SSSR count). The van der Waals surface area contributed by atoms with Crippen LogP contribution in [0, 0.1) is 6.92 Å². The number of carbonyl (C=O) groups is 1. The van der Waals surface area contributed by atoms with Crippen LogP contribution < -0.4 is 10.3 Å². The number of aryl methyl sites for hydroxylation is 1. The highest BCUT2D eigenvalue weighted by Crippen LogP contribution is 2.40. The smallest absolute Gasteiger partial charge is 0.416 e. The summed E-state index contributed by atoms with van der Waals surface area (Å²) in [5.74, 6) is -0.391. The quantitative estimate of drug-likeness (QED) is 0.213. The van der Waals surface area contributed by atoms with Gasteiger partial charge in [0.25, 0.3) is 5.56 Å². The van der Waals surface area contributed by atoms with Crippen molar-refractivity contribution in [2.75, 3.05) is 20.7 Å². The van der Waals surface area contributed by atoms with E-state index in [1.807, 2.05) is 0 Å². The maximum Gasteiger partial charge on any atom is 0.416 e. The zero-order valence-electron chi connectivity index (χ0n) is 22.6. The summed E-state index contributed by atoms with van der Waals surface area (Å²) in [6.45, 7) is 1.67. The van der Waals surface area contributed by atoms with E-state index in [9.17, 15) is 27.9 Å². The highest BCUT2D eigenvalue weighted by atomic mass is 35.5. The number of thiophene rings is 1. The number of halogens is 4. The monoisotopic (exact) mass is 616 g/mol. The van der Waals surface area contributed by atoms with Crippen LogP contribution in [0.1, 0.15) is 27.3 Å². The molecule has 42 heavy (non-hydrogen) atoms. The van der Waals surface area contributed by atoms with Gasteiger partial charge in [-0.05, 0) is 63.0 Å². The first kappa shape index (κ1) is 29.5. The molecular weight excluding hydrogens is 593 g/mol. The second kappa shape index (κ2) is 11.3. The summed E-state index contributed by atoms with van der Waals surface area (Å²) in [4.78, 5) is 35.2. The summed E-state index contributed by atoms with van der Waals surface area (Å²) in [5.41, 5.74) is 0.410. The van der Waals surface area contributed by atoms with Gasteiger partial charge in [0.05, 0.1) is 38.8 Å². The Morgan fingerprint density at radius 1 is 1.17 bits per heavy atom. The minimum absolute atomic E-state index is 0.00102. The number of rotatable bonds is 8. The van der Waals surface area contributed by atoms with Gasteiger partial charge in [-0.1, -0.05) is 11.6 Å². The fourth-order valence-corrected chi connectivity index (χ4v) is 6.00. The van der Waals surface area contributed by atoms with Crippen LogP contribution in [0.5, 0.6) is 5.75 Å². The van der Waals surface area contributed by atoms with Gasteiger partial charge in [0.15, 0.2) is 0 Å². The molecule has 0 amide bonds. The number of pyridine rings is 1. The van der Waals surface area contributed by atoms with Crippen LogP contribution in [-0.2, 0) is 19.3 Å². The summed E-state index contributed by atoms with van der Waals surface area (Å²) >= 11 is 7.54. The van der Waals surface area contributed by atoms with Gasteiger partial charge in [-0.15, -0.1) is 11.3 Å². The van der Waals surface area contributed by atoms with E-state index in [-0.39, 0.29) is 47.6 Å². The molecule has 0 unspecified atom stereocenters. The number of benzene rings is 2. The molecule has 0 aliphatic carbocycles. The number of fused-ring (bicyclic) bond motifs is 2. The van der Waals surface area contributed by atoms with Crippen LogP contribution in [0.4, 0.5) is 13.2 Å². The molecule has 0 saturated heterocycles. The van der Waals surface area contributed by atoms with Crippen LogP contribution in [0.2, 0.25) is 5.02 Å². The lowest BCUT2D eigenvalue weighted by Gasteiger charge is -2.18. The summed E-state index contributed by atoms with van der Waals surface area (Å²) in [6, 6.07) is 8.96. The minimum Gasteiger partial charge on any atom is -0.491 e. The Morgan fingerprint density at radius 3 is 2.62 bits per heavy atom. The summed E-state index contributed by atoms with van der Waals surface area (Å²) in [5, 5.41) is 11.6. The second-order valence-electron chi connectivity index (χ2n) is 9.86. The van der Waals surface area contributed by atoms with Crippen molar-refractivity contribution < 1.29 is 27.8 Å². The topological polar surface area (TPSA) is 97.5 Å². The molecule has 2 aromatic carbocycles. The van der Waals surface area contributed by atoms with Crippen LogP contribution in [-0.4, -0.2) is 51.2 Å². The molecule has 0 atom stereocenters. The van der Waals surface area contributed by atoms with Gasteiger partial charge in [0.2, 0.25) is 0 Å². The predicted octanol–water partition coefficient (Wildman–Crippen LogP) is 6.49. The Balaban J connectivity index is 1.48. The van der Waals surface area contributed by atoms with Crippen molar-refractivity contribution in [2.45, 2.75) is 26.2 Å². The van der Waals surface area contributed by atoms with Crippen LogP contribution in [0.25, 0.3) is 32.2 Å². The lowest BCUT2D eigenvalue weighted by molar-refractivity contribution is -0.138. The van der Waals surface area contributed by atoms with E-state index in [1.165, 1.54) is 33.5 Å². The van der Waals surface area contributed by atoms with E-state index in [0.29, 0.717) is 32.1 Å². The molecule has 13 heteroatoms. The summed E-state index contributed by atoms with van der Waals surface area (Å²) < 4.78 is 49.4. The largest absolute Gasteiger partial charge is 0.491 e. The first-order valence-electron chi connectivity index (χ1n) is 12.6. The van der Waals surface area contributed by atoms with E-state index < -0.39 is 23.3 Å². The molecule has 0 saturated carbocycles. The lowest BCUT2D eigenvalue weighted by Crippen LogP contribution is -2.27. The molecular formula is C29H24ClF3N4O4S. The van der Waals surface area contributed by atoms with Gasteiger partial charge in [0.1, 0.15) is 18.2 Å². The number of aromatic carboxylic acids is 1. The summed E-state index contributed by atoms with van der Waals surface area (Å²) in [6.07, 6.45) is -3.08. The first-order chi connectivity index (χ1) is 19.8. The van der Waals surface area contributed by atoms with E-state index in [1.54, 1.807) is 50.2 Å². The highest BCUT2D eigenvalue weighted by molar-refractivity contribution is 7.18. The second-order valence-corrected chi connectivity index (χ2v) is 11.2. The van der Waals surface area contributed by atoms with Gasteiger partial charge in [0, 0.05) is 34.3 Å². The number of carboxylic acids is 1. The average Bonchev–Trinajstić information content (AvgIpc) is 3.35. The number of aromatic nitrogens is 3. The average molecular weight is 617 g/mol. The number of ether oxygens (including phenoxy) is 1. The standard InChI is InChI=1S/C29H24ClF3N4O4S/c1-15-35-23-12-22(29(31,32)33)16(13-36(2)3)10-20(23)27(38)37(15)8-9-41-24-5-4-17(30)11-19(24)18-6-7-34-25-21(28(39)40)14-42-26(18)25/h4-7,10-12,14H,8-9,13H2,1-3H3,(H,39,40). The Labute approximate surface area is 246 Å². The molecule has 3 heterocycles. The molecule has 8 nitrogen and oxygen atoms in total.